The van der Waals surface area contributed by atoms with Crippen LogP contribution in [0.25, 0.3) is 0 Å². The maximum Gasteiger partial charge on any atom is 0.307 e. The van der Waals surface area contributed by atoms with Crippen LogP contribution in [-0.4, -0.2) is 36.0 Å². The van der Waals surface area contributed by atoms with Crippen molar-refractivity contribution < 1.29 is 14.3 Å². The van der Waals surface area contributed by atoms with Crippen LogP contribution in [0.15, 0.2) is 0 Å². The highest BCUT2D eigenvalue weighted by Crippen LogP contribution is 2.28. The molecule has 25 heavy (non-hydrogen) atoms. The Balaban J connectivity index is 1.88. The van der Waals surface area contributed by atoms with Gasteiger partial charge in [-0.05, 0) is 32.1 Å². The van der Waals surface area contributed by atoms with Gasteiger partial charge in [-0.3, -0.25) is 9.59 Å². The monoisotopic (exact) mass is 351 g/mol. The van der Waals surface area contributed by atoms with Crippen molar-refractivity contribution in [2.24, 2.45) is 5.92 Å². The zero-order chi connectivity index (χ0) is 17.9. The second kappa shape index (κ2) is 11.5. The molecular weight excluding hydrogens is 314 g/mol. The van der Waals surface area contributed by atoms with Crippen LogP contribution in [0.5, 0.6) is 0 Å². The summed E-state index contributed by atoms with van der Waals surface area (Å²) in [5.74, 6) is 0.821. The van der Waals surface area contributed by atoms with Crippen LogP contribution in [0.2, 0.25) is 0 Å². The van der Waals surface area contributed by atoms with Crippen molar-refractivity contribution in [1.82, 2.24) is 4.90 Å². The van der Waals surface area contributed by atoms with Gasteiger partial charge >= 0.3 is 5.97 Å². The van der Waals surface area contributed by atoms with E-state index >= 15 is 0 Å². The van der Waals surface area contributed by atoms with Gasteiger partial charge in [0.05, 0.1) is 13.0 Å². The lowest BCUT2D eigenvalue weighted by Gasteiger charge is -2.32. The highest BCUT2D eigenvalue weighted by molar-refractivity contribution is 5.77. The van der Waals surface area contributed by atoms with E-state index in [0.717, 1.165) is 25.2 Å². The molecule has 0 heterocycles. The molecule has 0 spiro atoms. The summed E-state index contributed by atoms with van der Waals surface area (Å²) in [7, 11) is 0. The average Bonchev–Trinajstić information content (AvgIpc) is 2.91. The van der Waals surface area contributed by atoms with E-state index in [-0.39, 0.29) is 11.9 Å². The van der Waals surface area contributed by atoms with Gasteiger partial charge in [0.25, 0.3) is 0 Å². The van der Waals surface area contributed by atoms with Crippen LogP contribution in [-0.2, 0) is 14.3 Å². The molecule has 0 radical (unpaired) electrons. The van der Waals surface area contributed by atoms with Gasteiger partial charge < -0.3 is 9.64 Å². The van der Waals surface area contributed by atoms with Crippen LogP contribution in [0.4, 0.5) is 0 Å². The number of rotatable bonds is 8. The van der Waals surface area contributed by atoms with Crippen molar-refractivity contribution in [3.8, 4) is 0 Å². The minimum Gasteiger partial charge on any atom is -0.466 e. The van der Waals surface area contributed by atoms with Gasteiger partial charge in [0, 0.05) is 19.0 Å². The van der Waals surface area contributed by atoms with Gasteiger partial charge in [0.15, 0.2) is 0 Å². The molecular formula is C21H37NO3. The Labute approximate surface area is 153 Å². The number of esters is 1. The molecule has 2 saturated carbocycles. The molecule has 2 fully saturated rings. The van der Waals surface area contributed by atoms with Gasteiger partial charge in [-0.15, -0.1) is 0 Å². The van der Waals surface area contributed by atoms with E-state index in [1.807, 2.05) is 11.8 Å². The lowest BCUT2D eigenvalue weighted by molar-refractivity contribution is -0.144. The van der Waals surface area contributed by atoms with Crippen molar-refractivity contribution in [2.75, 3.05) is 13.2 Å². The molecule has 1 amide bonds. The number of hydrogen-bond donors (Lipinski definition) is 0. The first-order chi connectivity index (χ1) is 12.2. The number of ether oxygens (including phenoxy) is 1. The fourth-order valence-electron chi connectivity index (χ4n) is 4.47. The van der Waals surface area contributed by atoms with E-state index in [4.69, 9.17) is 4.74 Å². The van der Waals surface area contributed by atoms with Crippen molar-refractivity contribution in [2.45, 2.75) is 103 Å². The second-order valence-electron chi connectivity index (χ2n) is 7.83. The molecule has 0 aromatic heterocycles. The molecule has 0 bridgehead atoms. The van der Waals surface area contributed by atoms with Gasteiger partial charge in [-0.25, -0.2) is 0 Å². The lowest BCUT2D eigenvalue weighted by Crippen LogP contribution is -2.41. The van der Waals surface area contributed by atoms with Crippen LogP contribution >= 0.6 is 0 Å². The van der Waals surface area contributed by atoms with Gasteiger partial charge in [0.2, 0.25) is 5.91 Å². The fourth-order valence-corrected chi connectivity index (χ4v) is 4.47. The lowest BCUT2D eigenvalue weighted by atomic mass is 9.86. The van der Waals surface area contributed by atoms with Crippen LogP contribution in [0, 0.1) is 5.92 Å². The first-order valence-corrected chi connectivity index (χ1v) is 10.7. The molecule has 0 unspecified atom stereocenters. The fraction of sp³-hybridized carbons (Fsp3) is 0.905. The van der Waals surface area contributed by atoms with Crippen molar-refractivity contribution >= 4 is 11.9 Å². The maximum absolute atomic E-state index is 12.9. The molecule has 0 N–H and O–H groups in total. The number of nitrogens with zero attached hydrogens (tertiary/aromatic N) is 1. The number of carbonyl (C=O) groups is 2. The van der Waals surface area contributed by atoms with E-state index < -0.39 is 0 Å². The maximum atomic E-state index is 12.9. The van der Waals surface area contributed by atoms with Crippen molar-refractivity contribution in [3.63, 3.8) is 0 Å². The highest BCUT2D eigenvalue weighted by atomic mass is 16.5. The minimum absolute atomic E-state index is 0.179. The highest BCUT2D eigenvalue weighted by Gasteiger charge is 2.26. The molecule has 0 aromatic rings. The van der Waals surface area contributed by atoms with Crippen LogP contribution in [0.3, 0.4) is 0 Å². The second-order valence-corrected chi connectivity index (χ2v) is 7.83. The number of amides is 1. The van der Waals surface area contributed by atoms with Crippen LogP contribution < -0.4 is 0 Å². The molecule has 0 atom stereocenters. The first kappa shape index (κ1) is 20.3. The van der Waals surface area contributed by atoms with Crippen molar-refractivity contribution in [3.05, 3.63) is 0 Å². The summed E-state index contributed by atoms with van der Waals surface area (Å²) < 4.78 is 5.06. The summed E-state index contributed by atoms with van der Waals surface area (Å²) in [5.41, 5.74) is 0. The Morgan fingerprint density at radius 2 is 1.48 bits per heavy atom. The molecule has 2 rings (SSSR count). The topological polar surface area (TPSA) is 46.6 Å². The van der Waals surface area contributed by atoms with E-state index in [1.165, 1.54) is 57.8 Å². The van der Waals surface area contributed by atoms with E-state index in [0.29, 0.717) is 32.0 Å². The SMILES string of the molecule is CCOC(=O)CCN(C(=O)CCC1CCCCC1)C1CCCCCC1. The zero-order valence-corrected chi connectivity index (χ0v) is 16.1. The standard InChI is InChI=1S/C21H37NO3/c1-2-25-21(24)16-17-22(19-12-8-3-4-9-13-19)20(23)15-14-18-10-6-5-7-11-18/h18-19H,2-17H2,1H3. The molecule has 144 valence electrons. The third kappa shape index (κ3) is 7.37. The normalized spacial score (nSPS) is 20.0. The third-order valence-corrected chi connectivity index (χ3v) is 5.94. The number of carbonyl (C=O) groups excluding carboxylic acids is 2. The summed E-state index contributed by atoms with van der Waals surface area (Å²) in [4.78, 5) is 26.7. The molecule has 2 aliphatic rings. The quantitative estimate of drug-likeness (QED) is 0.464. The molecule has 0 saturated heterocycles. The molecule has 4 nitrogen and oxygen atoms in total. The predicted octanol–water partition coefficient (Wildman–Crippen LogP) is 4.85. The predicted molar refractivity (Wildman–Crippen MR) is 100 cm³/mol. The Bertz CT molecular complexity index is 396. The Hall–Kier alpha value is -1.06. The van der Waals surface area contributed by atoms with E-state index in [9.17, 15) is 9.59 Å². The molecule has 0 aliphatic heterocycles. The smallest absolute Gasteiger partial charge is 0.307 e. The van der Waals surface area contributed by atoms with Crippen LogP contribution in [0.1, 0.15) is 96.8 Å². The van der Waals surface area contributed by atoms with Gasteiger partial charge in [-0.1, -0.05) is 57.8 Å². The first-order valence-electron chi connectivity index (χ1n) is 10.7. The Kier molecular flexibility index (Phi) is 9.35. The van der Waals surface area contributed by atoms with Crippen molar-refractivity contribution in [1.29, 1.82) is 0 Å². The largest absolute Gasteiger partial charge is 0.466 e. The Morgan fingerprint density at radius 1 is 0.880 bits per heavy atom. The summed E-state index contributed by atoms with van der Waals surface area (Å²) in [6.07, 6.45) is 15.8. The van der Waals surface area contributed by atoms with E-state index in [1.54, 1.807) is 0 Å². The molecule has 2 aliphatic carbocycles. The van der Waals surface area contributed by atoms with Gasteiger partial charge in [0.1, 0.15) is 0 Å². The molecule has 4 heteroatoms. The summed E-state index contributed by atoms with van der Waals surface area (Å²) >= 11 is 0. The number of hydrogen-bond acceptors (Lipinski definition) is 3. The summed E-state index contributed by atoms with van der Waals surface area (Å²) in [6.45, 7) is 2.78. The summed E-state index contributed by atoms with van der Waals surface area (Å²) in [6, 6.07) is 0.329. The third-order valence-electron chi connectivity index (χ3n) is 5.94. The minimum atomic E-state index is -0.179. The zero-order valence-electron chi connectivity index (χ0n) is 16.1. The van der Waals surface area contributed by atoms with E-state index in [2.05, 4.69) is 0 Å². The molecule has 0 aromatic carbocycles. The summed E-state index contributed by atoms with van der Waals surface area (Å²) in [5, 5.41) is 0. The van der Waals surface area contributed by atoms with Gasteiger partial charge in [-0.2, -0.15) is 0 Å². The Morgan fingerprint density at radius 3 is 2.12 bits per heavy atom. The average molecular weight is 352 g/mol.